The molecule has 2 aliphatic rings. The molecule has 2 atom stereocenters. The maximum absolute atomic E-state index is 11.1. The Morgan fingerprint density at radius 3 is 2.76 bits per heavy atom. The largest absolute Gasteiger partial charge is 0.348 e. The number of piperidine rings is 1. The third kappa shape index (κ3) is 1.43. The van der Waals surface area contributed by atoms with Crippen molar-refractivity contribution in [3.8, 4) is 0 Å². The molecule has 0 aromatic carbocycles. The topological polar surface area (TPSA) is 64.2 Å². The summed E-state index contributed by atoms with van der Waals surface area (Å²) in [5, 5.41) is 15.3. The fourth-order valence-corrected chi connectivity index (χ4v) is 3.35. The van der Waals surface area contributed by atoms with Gasteiger partial charge in [-0.2, -0.15) is 5.10 Å². The number of fused-ring (bicyclic) bond motifs is 2. The minimum absolute atomic E-state index is 0.181. The van der Waals surface area contributed by atoms with Crippen LogP contribution in [0.2, 0.25) is 0 Å². The van der Waals surface area contributed by atoms with Gasteiger partial charge in [-0.05, 0) is 32.1 Å². The van der Waals surface area contributed by atoms with Gasteiger partial charge in [-0.1, -0.05) is 0 Å². The molecule has 0 amide bonds. The van der Waals surface area contributed by atoms with Gasteiger partial charge in [0.25, 0.3) is 0 Å². The Balaban J connectivity index is 2.05. The Morgan fingerprint density at radius 2 is 2.24 bits per heavy atom. The van der Waals surface area contributed by atoms with Crippen molar-refractivity contribution in [3.63, 3.8) is 0 Å². The van der Waals surface area contributed by atoms with Gasteiger partial charge in [0.15, 0.2) is 0 Å². The highest BCUT2D eigenvalue weighted by molar-refractivity contribution is 5.62. The van der Waals surface area contributed by atoms with E-state index in [9.17, 15) is 10.1 Å². The average molecular weight is 236 g/mol. The zero-order valence-electron chi connectivity index (χ0n) is 10.1. The number of aryl methyl sites for hydroxylation is 2. The second-order valence-electron chi connectivity index (χ2n) is 5.12. The van der Waals surface area contributed by atoms with Crippen molar-refractivity contribution >= 4 is 11.5 Å². The monoisotopic (exact) mass is 236 g/mol. The second kappa shape index (κ2) is 3.45. The van der Waals surface area contributed by atoms with E-state index in [0.717, 1.165) is 18.9 Å². The molecule has 0 spiro atoms. The van der Waals surface area contributed by atoms with Gasteiger partial charge in [-0.25, -0.2) is 4.68 Å². The number of hydrogen-bond donors (Lipinski definition) is 0. The molecule has 6 nitrogen and oxygen atoms in total. The Hall–Kier alpha value is -1.59. The van der Waals surface area contributed by atoms with Gasteiger partial charge in [-0.15, -0.1) is 0 Å². The number of hydrogen-bond acceptors (Lipinski definition) is 4. The van der Waals surface area contributed by atoms with Gasteiger partial charge in [0.2, 0.25) is 5.82 Å². The maximum atomic E-state index is 11.1. The first-order chi connectivity index (χ1) is 8.08. The van der Waals surface area contributed by atoms with Crippen LogP contribution in [0.4, 0.5) is 11.5 Å². The van der Waals surface area contributed by atoms with Crippen LogP contribution in [0.3, 0.4) is 0 Å². The number of anilines is 1. The van der Waals surface area contributed by atoms with Crippen molar-refractivity contribution in [2.45, 2.75) is 32.2 Å². The second-order valence-corrected chi connectivity index (χ2v) is 5.12. The van der Waals surface area contributed by atoms with Crippen molar-refractivity contribution in [1.29, 1.82) is 0 Å². The summed E-state index contributed by atoms with van der Waals surface area (Å²) in [7, 11) is 1.79. The van der Waals surface area contributed by atoms with Crippen LogP contribution in [0.1, 0.15) is 25.0 Å². The molecule has 1 aliphatic heterocycles. The van der Waals surface area contributed by atoms with Crippen molar-refractivity contribution in [2.24, 2.45) is 13.0 Å². The normalized spacial score (nSPS) is 26.8. The lowest BCUT2D eigenvalue weighted by molar-refractivity contribution is -0.384. The molecule has 1 saturated heterocycles. The number of nitro groups is 1. The van der Waals surface area contributed by atoms with Crippen LogP contribution in [0.25, 0.3) is 0 Å². The Morgan fingerprint density at radius 1 is 1.47 bits per heavy atom. The van der Waals surface area contributed by atoms with Gasteiger partial charge in [0, 0.05) is 19.6 Å². The van der Waals surface area contributed by atoms with E-state index >= 15 is 0 Å². The fourth-order valence-electron chi connectivity index (χ4n) is 3.35. The summed E-state index contributed by atoms with van der Waals surface area (Å²) >= 11 is 0. The molecular weight excluding hydrogens is 220 g/mol. The van der Waals surface area contributed by atoms with E-state index in [0.29, 0.717) is 17.6 Å². The SMILES string of the molecule is Cc1nn(C)c(N2CC3CCC2C3)c1[N+](=O)[O-]. The molecule has 1 saturated carbocycles. The van der Waals surface area contributed by atoms with Crippen LogP contribution < -0.4 is 4.90 Å². The van der Waals surface area contributed by atoms with E-state index in [-0.39, 0.29) is 10.6 Å². The first-order valence-corrected chi connectivity index (χ1v) is 6.02. The van der Waals surface area contributed by atoms with E-state index in [1.165, 1.54) is 12.8 Å². The lowest BCUT2D eigenvalue weighted by Gasteiger charge is -2.27. The first-order valence-electron chi connectivity index (χ1n) is 6.02. The molecule has 2 fully saturated rings. The first kappa shape index (κ1) is 10.6. The smallest absolute Gasteiger partial charge is 0.333 e. The summed E-state index contributed by atoms with van der Waals surface area (Å²) in [6.45, 7) is 2.65. The van der Waals surface area contributed by atoms with Crippen molar-refractivity contribution in [1.82, 2.24) is 9.78 Å². The third-order valence-corrected chi connectivity index (χ3v) is 4.02. The standard InChI is InChI=1S/C11H16N4O2/c1-7-10(15(16)17)11(13(2)12-7)14-6-8-3-4-9(14)5-8/h8-9H,3-6H2,1-2H3. The zero-order chi connectivity index (χ0) is 12.2. The minimum atomic E-state index is -0.302. The molecular formula is C11H16N4O2. The van der Waals surface area contributed by atoms with Gasteiger partial charge >= 0.3 is 5.69 Å². The van der Waals surface area contributed by atoms with E-state index in [4.69, 9.17) is 0 Å². The van der Waals surface area contributed by atoms with Gasteiger partial charge in [-0.3, -0.25) is 10.1 Å². The lowest BCUT2D eigenvalue weighted by atomic mass is 10.1. The molecule has 1 aromatic heterocycles. The molecule has 2 unspecified atom stereocenters. The van der Waals surface area contributed by atoms with Crippen LogP contribution in [-0.2, 0) is 7.05 Å². The van der Waals surface area contributed by atoms with Gasteiger partial charge in [0.1, 0.15) is 5.69 Å². The number of aromatic nitrogens is 2. The highest BCUT2D eigenvalue weighted by atomic mass is 16.6. The molecule has 1 aromatic rings. The lowest BCUT2D eigenvalue weighted by Crippen LogP contribution is -2.33. The molecule has 2 bridgehead atoms. The maximum Gasteiger partial charge on any atom is 0.333 e. The van der Waals surface area contributed by atoms with Crippen LogP contribution in [0.15, 0.2) is 0 Å². The number of nitrogens with zero attached hydrogens (tertiary/aromatic N) is 4. The van der Waals surface area contributed by atoms with E-state index in [1.54, 1.807) is 18.7 Å². The summed E-state index contributed by atoms with van der Waals surface area (Å²) in [6.07, 6.45) is 3.61. The summed E-state index contributed by atoms with van der Waals surface area (Å²) < 4.78 is 1.66. The molecule has 1 aliphatic carbocycles. The Kier molecular flexibility index (Phi) is 2.14. The highest BCUT2D eigenvalue weighted by Gasteiger charge is 2.42. The highest BCUT2D eigenvalue weighted by Crippen LogP contribution is 2.43. The van der Waals surface area contributed by atoms with Crippen LogP contribution in [0.5, 0.6) is 0 Å². The summed E-state index contributed by atoms with van der Waals surface area (Å²) in [5.74, 6) is 1.41. The van der Waals surface area contributed by atoms with E-state index < -0.39 is 0 Å². The zero-order valence-corrected chi connectivity index (χ0v) is 10.1. The Bertz CT molecular complexity index is 482. The van der Waals surface area contributed by atoms with Gasteiger partial charge in [0.05, 0.1) is 4.92 Å². The van der Waals surface area contributed by atoms with Crippen molar-refractivity contribution in [2.75, 3.05) is 11.4 Å². The predicted molar refractivity (Wildman–Crippen MR) is 63.1 cm³/mol. The van der Waals surface area contributed by atoms with E-state index in [2.05, 4.69) is 10.00 Å². The average Bonchev–Trinajstić information content (AvgIpc) is 2.90. The molecule has 2 heterocycles. The van der Waals surface area contributed by atoms with Crippen LogP contribution in [0, 0.1) is 23.0 Å². The number of rotatable bonds is 2. The van der Waals surface area contributed by atoms with Crippen LogP contribution in [-0.4, -0.2) is 27.3 Å². The van der Waals surface area contributed by atoms with Crippen LogP contribution >= 0.6 is 0 Å². The van der Waals surface area contributed by atoms with Crippen molar-refractivity contribution in [3.05, 3.63) is 15.8 Å². The molecule has 92 valence electrons. The minimum Gasteiger partial charge on any atom is -0.348 e. The summed E-state index contributed by atoms with van der Waals surface area (Å²) in [6, 6.07) is 0.480. The quantitative estimate of drug-likeness (QED) is 0.578. The van der Waals surface area contributed by atoms with Crippen molar-refractivity contribution < 1.29 is 4.92 Å². The Labute approximate surface area is 99.4 Å². The summed E-state index contributed by atoms with van der Waals surface area (Å²) in [5.41, 5.74) is 0.690. The molecule has 0 radical (unpaired) electrons. The molecule has 3 rings (SSSR count). The third-order valence-electron chi connectivity index (χ3n) is 4.02. The molecule has 17 heavy (non-hydrogen) atoms. The summed E-state index contributed by atoms with van der Waals surface area (Å²) in [4.78, 5) is 13.0. The predicted octanol–water partition coefficient (Wildman–Crippen LogP) is 1.63. The molecule has 0 N–H and O–H groups in total. The van der Waals surface area contributed by atoms with E-state index in [1.807, 2.05) is 0 Å². The molecule has 6 heteroatoms. The van der Waals surface area contributed by atoms with Gasteiger partial charge < -0.3 is 4.90 Å². The fraction of sp³-hybridized carbons (Fsp3) is 0.727.